The van der Waals surface area contributed by atoms with Crippen LogP contribution < -0.4 is 5.32 Å². The molecule has 0 aromatic rings. The molecular weight excluding hydrogens is 194 g/mol. The predicted molar refractivity (Wildman–Crippen MR) is 56.4 cm³/mol. The zero-order valence-corrected chi connectivity index (χ0v) is 9.54. The van der Waals surface area contributed by atoms with Gasteiger partial charge in [0.05, 0.1) is 5.41 Å². The highest BCUT2D eigenvalue weighted by atomic mass is 16.4. The molecule has 0 radical (unpaired) electrons. The van der Waals surface area contributed by atoms with E-state index in [1.165, 1.54) is 0 Å². The van der Waals surface area contributed by atoms with E-state index in [4.69, 9.17) is 5.11 Å². The molecule has 0 heterocycles. The second-order valence-corrected chi connectivity index (χ2v) is 5.21. The van der Waals surface area contributed by atoms with Crippen molar-refractivity contribution in [1.82, 2.24) is 5.32 Å². The Morgan fingerprint density at radius 2 is 1.93 bits per heavy atom. The van der Waals surface area contributed by atoms with Gasteiger partial charge in [0.2, 0.25) is 5.91 Å². The minimum atomic E-state index is -0.973. The topological polar surface area (TPSA) is 66.4 Å². The van der Waals surface area contributed by atoms with Crippen molar-refractivity contribution in [3.8, 4) is 0 Å². The Morgan fingerprint density at radius 3 is 2.33 bits per heavy atom. The van der Waals surface area contributed by atoms with Crippen molar-refractivity contribution < 1.29 is 14.7 Å². The Labute approximate surface area is 90.0 Å². The second kappa shape index (κ2) is 4.21. The van der Waals surface area contributed by atoms with Gasteiger partial charge in [-0.1, -0.05) is 6.92 Å². The lowest BCUT2D eigenvalue weighted by Gasteiger charge is -2.34. The summed E-state index contributed by atoms with van der Waals surface area (Å²) in [5, 5.41) is 11.7. The molecule has 0 aromatic heterocycles. The summed E-state index contributed by atoms with van der Waals surface area (Å²) in [4.78, 5) is 22.3. The summed E-state index contributed by atoms with van der Waals surface area (Å²) < 4.78 is 0. The number of aliphatic carboxylic acids is 1. The van der Waals surface area contributed by atoms with E-state index in [-0.39, 0.29) is 18.4 Å². The average molecular weight is 213 g/mol. The monoisotopic (exact) mass is 213 g/mol. The molecule has 15 heavy (non-hydrogen) atoms. The fourth-order valence-electron chi connectivity index (χ4n) is 1.78. The van der Waals surface area contributed by atoms with Crippen molar-refractivity contribution in [2.45, 2.75) is 46.1 Å². The van der Waals surface area contributed by atoms with Crippen LogP contribution in [-0.4, -0.2) is 23.0 Å². The summed E-state index contributed by atoms with van der Waals surface area (Å²) in [5.41, 5.74) is -0.973. The van der Waals surface area contributed by atoms with Crippen LogP contribution in [0.2, 0.25) is 0 Å². The summed E-state index contributed by atoms with van der Waals surface area (Å²) in [7, 11) is 0. The van der Waals surface area contributed by atoms with Crippen molar-refractivity contribution in [2.75, 3.05) is 0 Å². The Kier molecular flexibility index (Phi) is 3.37. The first-order valence-corrected chi connectivity index (χ1v) is 5.34. The van der Waals surface area contributed by atoms with Crippen LogP contribution in [0.5, 0.6) is 0 Å². The predicted octanol–water partition coefficient (Wildman–Crippen LogP) is 1.40. The highest BCUT2D eigenvalue weighted by molar-refractivity contribution is 5.84. The fraction of sp³-hybridized carbons (Fsp3) is 0.818. The summed E-state index contributed by atoms with van der Waals surface area (Å²) in [6, 6.07) is 0.261. The maximum atomic E-state index is 11.5. The molecule has 1 saturated carbocycles. The number of carboxylic acid groups (broad SMARTS) is 1. The van der Waals surface area contributed by atoms with Crippen LogP contribution in [0, 0.1) is 11.3 Å². The lowest BCUT2D eigenvalue weighted by molar-refractivity contribution is -0.149. The summed E-state index contributed by atoms with van der Waals surface area (Å²) >= 11 is 0. The summed E-state index contributed by atoms with van der Waals surface area (Å²) in [6.07, 6.45) is 2.08. The lowest BCUT2D eigenvalue weighted by atomic mass is 9.81. The zero-order chi connectivity index (χ0) is 11.6. The lowest BCUT2D eigenvalue weighted by Crippen LogP contribution is -2.45. The number of nitrogens with one attached hydrogen (secondary N) is 1. The summed E-state index contributed by atoms with van der Waals surface area (Å²) in [5.74, 6) is -0.401. The Morgan fingerprint density at radius 1 is 1.40 bits per heavy atom. The molecule has 4 nitrogen and oxygen atoms in total. The van der Waals surface area contributed by atoms with Gasteiger partial charge in [0.25, 0.3) is 0 Å². The van der Waals surface area contributed by atoms with E-state index >= 15 is 0 Å². The minimum Gasteiger partial charge on any atom is -0.481 e. The van der Waals surface area contributed by atoms with Crippen LogP contribution in [0.25, 0.3) is 0 Å². The van der Waals surface area contributed by atoms with E-state index in [0.717, 1.165) is 12.8 Å². The third-order valence-corrected chi connectivity index (χ3v) is 2.92. The summed E-state index contributed by atoms with van der Waals surface area (Å²) in [6.45, 7) is 5.28. The molecule has 0 spiro atoms. The number of rotatable bonds is 4. The maximum Gasteiger partial charge on any atom is 0.309 e. The van der Waals surface area contributed by atoms with Gasteiger partial charge in [-0.3, -0.25) is 9.59 Å². The molecule has 2 N–H and O–H groups in total. The van der Waals surface area contributed by atoms with Gasteiger partial charge >= 0.3 is 5.97 Å². The smallest absolute Gasteiger partial charge is 0.309 e. The van der Waals surface area contributed by atoms with Crippen molar-refractivity contribution in [3.63, 3.8) is 0 Å². The standard InChI is InChI=1S/C11H19NO3/c1-7-4-8(5-7)12-9(13)6-11(2,3)10(14)15/h7-8H,4-6H2,1-3H3,(H,12,13)(H,14,15). The van der Waals surface area contributed by atoms with E-state index < -0.39 is 11.4 Å². The van der Waals surface area contributed by atoms with Crippen molar-refractivity contribution in [3.05, 3.63) is 0 Å². The number of carbonyl (C=O) groups is 2. The van der Waals surface area contributed by atoms with Crippen LogP contribution in [0.1, 0.15) is 40.0 Å². The average Bonchev–Trinajstić information content (AvgIpc) is 1.99. The zero-order valence-electron chi connectivity index (χ0n) is 9.54. The normalized spacial score (nSPS) is 25.5. The van der Waals surface area contributed by atoms with Crippen LogP contribution in [-0.2, 0) is 9.59 Å². The molecule has 1 fully saturated rings. The molecule has 0 atom stereocenters. The molecule has 0 bridgehead atoms. The number of hydrogen-bond acceptors (Lipinski definition) is 2. The van der Waals surface area contributed by atoms with Gasteiger partial charge in [0.15, 0.2) is 0 Å². The molecule has 1 amide bonds. The Bertz CT molecular complexity index is 267. The number of hydrogen-bond donors (Lipinski definition) is 2. The van der Waals surface area contributed by atoms with Gasteiger partial charge in [-0.15, -0.1) is 0 Å². The molecule has 0 saturated heterocycles. The van der Waals surface area contributed by atoms with E-state index in [9.17, 15) is 9.59 Å². The van der Waals surface area contributed by atoms with Gasteiger partial charge < -0.3 is 10.4 Å². The van der Waals surface area contributed by atoms with Crippen molar-refractivity contribution >= 4 is 11.9 Å². The Balaban J connectivity index is 2.33. The quantitative estimate of drug-likeness (QED) is 0.741. The first-order valence-electron chi connectivity index (χ1n) is 5.34. The number of carbonyl (C=O) groups excluding carboxylic acids is 1. The third kappa shape index (κ3) is 3.22. The van der Waals surface area contributed by atoms with Gasteiger partial charge in [0, 0.05) is 12.5 Å². The van der Waals surface area contributed by atoms with Crippen molar-refractivity contribution in [2.24, 2.45) is 11.3 Å². The highest BCUT2D eigenvalue weighted by Gasteiger charge is 2.32. The van der Waals surface area contributed by atoms with Gasteiger partial charge in [-0.2, -0.15) is 0 Å². The van der Waals surface area contributed by atoms with E-state index in [1.54, 1.807) is 13.8 Å². The molecule has 0 unspecified atom stereocenters. The number of carboxylic acids is 1. The molecule has 1 rings (SSSR count). The van der Waals surface area contributed by atoms with Gasteiger partial charge in [-0.05, 0) is 32.6 Å². The van der Waals surface area contributed by atoms with Crippen LogP contribution in [0.3, 0.4) is 0 Å². The molecule has 0 aliphatic heterocycles. The maximum absolute atomic E-state index is 11.5. The van der Waals surface area contributed by atoms with E-state index in [1.807, 2.05) is 0 Å². The molecule has 0 aromatic carbocycles. The molecule has 1 aliphatic carbocycles. The van der Waals surface area contributed by atoms with Crippen LogP contribution >= 0.6 is 0 Å². The third-order valence-electron chi connectivity index (χ3n) is 2.92. The largest absolute Gasteiger partial charge is 0.481 e. The van der Waals surface area contributed by atoms with Gasteiger partial charge in [0.1, 0.15) is 0 Å². The first kappa shape index (κ1) is 12.0. The fourth-order valence-corrected chi connectivity index (χ4v) is 1.78. The molecule has 4 heteroatoms. The molecule has 1 aliphatic rings. The Hall–Kier alpha value is -1.06. The second-order valence-electron chi connectivity index (χ2n) is 5.21. The number of amides is 1. The van der Waals surface area contributed by atoms with Gasteiger partial charge in [-0.25, -0.2) is 0 Å². The molecule has 86 valence electrons. The molecular formula is C11H19NO3. The SMILES string of the molecule is CC1CC(NC(=O)CC(C)(C)C(=O)O)C1. The first-order chi connectivity index (χ1) is 6.81. The minimum absolute atomic E-state index is 0.0488. The highest BCUT2D eigenvalue weighted by Crippen LogP contribution is 2.27. The van der Waals surface area contributed by atoms with E-state index in [2.05, 4.69) is 12.2 Å². The van der Waals surface area contributed by atoms with Crippen LogP contribution in [0.15, 0.2) is 0 Å². The van der Waals surface area contributed by atoms with E-state index in [0.29, 0.717) is 5.92 Å². The van der Waals surface area contributed by atoms with Crippen molar-refractivity contribution in [1.29, 1.82) is 0 Å². The van der Waals surface area contributed by atoms with Crippen LogP contribution in [0.4, 0.5) is 0 Å².